The number of aryl methyl sites for hydroxylation is 2. The summed E-state index contributed by atoms with van der Waals surface area (Å²) in [7, 11) is 0. The SMILES string of the molecule is CCc1cc(C)cc(OCC(O)CN)c1. The van der Waals surface area contributed by atoms with Gasteiger partial charge >= 0.3 is 0 Å². The van der Waals surface area contributed by atoms with Gasteiger partial charge in [0.2, 0.25) is 0 Å². The van der Waals surface area contributed by atoms with E-state index >= 15 is 0 Å². The van der Waals surface area contributed by atoms with E-state index in [0.717, 1.165) is 12.2 Å². The summed E-state index contributed by atoms with van der Waals surface area (Å²) in [5.41, 5.74) is 7.71. The molecule has 0 radical (unpaired) electrons. The van der Waals surface area contributed by atoms with Crippen molar-refractivity contribution >= 4 is 0 Å². The van der Waals surface area contributed by atoms with Gasteiger partial charge < -0.3 is 15.6 Å². The third kappa shape index (κ3) is 3.90. The van der Waals surface area contributed by atoms with Gasteiger partial charge in [-0.05, 0) is 36.6 Å². The van der Waals surface area contributed by atoms with E-state index in [1.807, 2.05) is 19.1 Å². The maximum Gasteiger partial charge on any atom is 0.119 e. The van der Waals surface area contributed by atoms with Gasteiger partial charge in [0, 0.05) is 6.54 Å². The zero-order valence-corrected chi connectivity index (χ0v) is 9.36. The van der Waals surface area contributed by atoms with Crippen LogP contribution in [0.15, 0.2) is 18.2 Å². The number of aliphatic hydroxyl groups is 1. The van der Waals surface area contributed by atoms with Crippen LogP contribution in [0.25, 0.3) is 0 Å². The number of hydrogen-bond acceptors (Lipinski definition) is 3. The maximum atomic E-state index is 9.27. The van der Waals surface area contributed by atoms with E-state index in [4.69, 9.17) is 10.5 Å². The van der Waals surface area contributed by atoms with Gasteiger partial charge in [-0.15, -0.1) is 0 Å². The molecule has 1 atom stereocenters. The molecule has 1 rings (SSSR count). The minimum atomic E-state index is -0.587. The van der Waals surface area contributed by atoms with E-state index in [1.165, 1.54) is 11.1 Å². The molecule has 0 aliphatic carbocycles. The van der Waals surface area contributed by atoms with Crippen molar-refractivity contribution in [1.82, 2.24) is 0 Å². The molecule has 0 aliphatic heterocycles. The Balaban J connectivity index is 2.64. The van der Waals surface area contributed by atoms with E-state index < -0.39 is 6.10 Å². The lowest BCUT2D eigenvalue weighted by Crippen LogP contribution is -2.26. The van der Waals surface area contributed by atoms with E-state index in [-0.39, 0.29) is 13.2 Å². The lowest BCUT2D eigenvalue weighted by molar-refractivity contribution is 0.114. The van der Waals surface area contributed by atoms with Gasteiger partial charge in [-0.1, -0.05) is 13.0 Å². The Morgan fingerprint density at radius 2 is 2.13 bits per heavy atom. The van der Waals surface area contributed by atoms with Crippen molar-refractivity contribution in [2.45, 2.75) is 26.4 Å². The van der Waals surface area contributed by atoms with Gasteiger partial charge in [-0.2, -0.15) is 0 Å². The van der Waals surface area contributed by atoms with Crippen LogP contribution in [0.1, 0.15) is 18.1 Å². The molecule has 1 aromatic rings. The molecule has 0 amide bonds. The summed E-state index contributed by atoms with van der Waals surface area (Å²) in [6, 6.07) is 6.09. The second-order valence-electron chi connectivity index (χ2n) is 3.71. The first kappa shape index (κ1) is 12.0. The molecule has 0 spiro atoms. The van der Waals surface area contributed by atoms with Crippen LogP contribution in [0.2, 0.25) is 0 Å². The normalized spacial score (nSPS) is 12.5. The van der Waals surface area contributed by atoms with Crippen molar-refractivity contribution in [1.29, 1.82) is 0 Å². The fraction of sp³-hybridized carbons (Fsp3) is 0.500. The van der Waals surface area contributed by atoms with Crippen molar-refractivity contribution < 1.29 is 9.84 Å². The third-order valence-electron chi connectivity index (χ3n) is 2.23. The second-order valence-corrected chi connectivity index (χ2v) is 3.71. The minimum Gasteiger partial charge on any atom is -0.491 e. The molecule has 0 bridgehead atoms. The molecule has 3 N–H and O–H groups in total. The predicted octanol–water partition coefficient (Wildman–Crippen LogP) is 1.26. The molecule has 0 aromatic heterocycles. The zero-order chi connectivity index (χ0) is 11.3. The Labute approximate surface area is 90.9 Å². The van der Waals surface area contributed by atoms with Crippen molar-refractivity contribution in [2.75, 3.05) is 13.2 Å². The van der Waals surface area contributed by atoms with Gasteiger partial charge in [0.1, 0.15) is 18.5 Å². The Kier molecular flexibility index (Phi) is 4.59. The summed E-state index contributed by atoms with van der Waals surface area (Å²) in [5.74, 6) is 0.805. The smallest absolute Gasteiger partial charge is 0.119 e. The Hall–Kier alpha value is -1.06. The molecule has 84 valence electrons. The van der Waals surface area contributed by atoms with E-state index in [2.05, 4.69) is 13.0 Å². The van der Waals surface area contributed by atoms with Gasteiger partial charge in [-0.3, -0.25) is 0 Å². The molecular formula is C12H19NO2. The first-order valence-electron chi connectivity index (χ1n) is 5.27. The van der Waals surface area contributed by atoms with Crippen LogP contribution in [0.5, 0.6) is 5.75 Å². The van der Waals surface area contributed by atoms with Crippen molar-refractivity contribution in [3.05, 3.63) is 29.3 Å². The molecule has 0 heterocycles. The van der Waals surface area contributed by atoms with Gasteiger partial charge in [0.15, 0.2) is 0 Å². The summed E-state index contributed by atoms with van der Waals surface area (Å²) in [6.45, 7) is 4.62. The summed E-state index contributed by atoms with van der Waals surface area (Å²) >= 11 is 0. The summed E-state index contributed by atoms with van der Waals surface area (Å²) < 4.78 is 5.45. The molecule has 0 fully saturated rings. The molecule has 0 aliphatic rings. The molecule has 3 nitrogen and oxygen atoms in total. The number of nitrogens with two attached hydrogens (primary N) is 1. The number of benzene rings is 1. The topological polar surface area (TPSA) is 55.5 Å². The van der Waals surface area contributed by atoms with Crippen LogP contribution >= 0.6 is 0 Å². The summed E-state index contributed by atoms with van der Waals surface area (Å²) in [4.78, 5) is 0. The average molecular weight is 209 g/mol. The van der Waals surface area contributed by atoms with Crippen LogP contribution in [0.4, 0.5) is 0 Å². The standard InChI is InChI=1S/C12H19NO2/c1-3-10-4-9(2)5-12(6-10)15-8-11(14)7-13/h4-6,11,14H,3,7-8,13H2,1-2H3. The molecular weight excluding hydrogens is 190 g/mol. The number of aliphatic hydroxyl groups excluding tert-OH is 1. The highest BCUT2D eigenvalue weighted by Gasteiger charge is 2.03. The highest BCUT2D eigenvalue weighted by Crippen LogP contribution is 2.17. The number of rotatable bonds is 5. The van der Waals surface area contributed by atoms with Crippen molar-refractivity contribution in [3.8, 4) is 5.75 Å². The first-order valence-corrected chi connectivity index (χ1v) is 5.27. The fourth-order valence-electron chi connectivity index (χ4n) is 1.37. The molecule has 0 saturated heterocycles. The van der Waals surface area contributed by atoms with E-state index in [9.17, 15) is 5.11 Å². The number of hydrogen-bond donors (Lipinski definition) is 2. The lowest BCUT2D eigenvalue weighted by Gasteiger charge is -2.11. The van der Waals surface area contributed by atoms with Gasteiger partial charge in [-0.25, -0.2) is 0 Å². The fourth-order valence-corrected chi connectivity index (χ4v) is 1.37. The molecule has 1 aromatic carbocycles. The first-order chi connectivity index (χ1) is 7.15. The van der Waals surface area contributed by atoms with Crippen LogP contribution in [-0.4, -0.2) is 24.4 Å². The van der Waals surface area contributed by atoms with Crippen LogP contribution in [0.3, 0.4) is 0 Å². The third-order valence-corrected chi connectivity index (χ3v) is 2.23. The van der Waals surface area contributed by atoms with Crippen LogP contribution in [-0.2, 0) is 6.42 Å². The summed E-state index contributed by atoms with van der Waals surface area (Å²) in [5, 5.41) is 9.27. The van der Waals surface area contributed by atoms with Crippen LogP contribution < -0.4 is 10.5 Å². The number of ether oxygens (including phenoxy) is 1. The lowest BCUT2D eigenvalue weighted by atomic mass is 10.1. The highest BCUT2D eigenvalue weighted by molar-refractivity contribution is 5.33. The van der Waals surface area contributed by atoms with Crippen molar-refractivity contribution in [2.24, 2.45) is 5.73 Å². The van der Waals surface area contributed by atoms with Gasteiger partial charge in [0.25, 0.3) is 0 Å². The highest BCUT2D eigenvalue weighted by atomic mass is 16.5. The summed E-state index contributed by atoms with van der Waals surface area (Å²) in [6.07, 6.45) is 0.396. The Morgan fingerprint density at radius 1 is 1.40 bits per heavy atom. The predicted molar refractivity (Wildman–Crippen MR) is 61.1 cm³/mol. The quantitative estimate of drug-likeness (QED) is 0.767. The maximum absolute atomic E-state index is 9.27. The minimum absolute atomic E-state index is 0.229. The van der Waals surface area contributed by atoms with Crippen LogP contribution in [0, 0.1) is 6.92 Å². The van der Waals surface area contributed by atoms with Crippen molar-refractivity contribution in [3.63, 3.8) is 0 Å². The average Bonchev–Trinajstić information content (AvgIpc) is 2.25. The monoisotopic (exact) mass is 209 g/mol. The molecule has 1 unspecified atom stereocenters. The van der Waals surface area contributed by atoms with E-state index in [1.54, 1.807) is 0 Å². The molecule has 15 heavy (non-hydrogen) atoms. The van der Waals surface area contributed by atoms with Gasteiger partial charge in [0.05, 0.1) is 0 Å². The Morgan fingerprint density at radius 3 is 2.73 bits per heavy atom. The second kappa shape index (κ2) is 5.73. The zero-order valence-electron chi connectivity index (χ0n) is 9.36. The largest absolute Gasteiger partial charge is 0.491 e. The Bertz CT molecular complexity index is 312. The van der Waals surface area contributed by atoms with E-state index in [0.29, 0.717) is 0 Å². The molecule has 3 heteroatoms. The molecule has 0 saturated carbocycles.